The number of hydrogen-bond donors (Lipinski definition) is 6. The van der Waals surface area contributed by atoms with E-state index >= 15 is 0 Å². The molecule has 2 aromatic carbocycles. The molecule has 340 valence electrons. The van der Waals surface area contributed by atoms with Crippen LogP contribution in [0, 0.1) is 23.3 Å². The molecular formula is C44H48F4N8O8. The first-order valence-electron chi connectivity index (χ1n) is 21.1. The summed E-state index contributed by atoms with van der Waals surface area (Å²) in [5, 5.41) is 32.7. The van der Waals surface area contributed by atoms with Crippen molar-refractivity contribution in [3.05, 3.63) is 125 Å². The number of rotatable bonds is 12. The Hall–Kier alpha value is -6.54. The maximum absolute atomic E-state index is 14.0. The van der Waals surface area contributed by atoms with E-state index in [1.165, 1.54) is 12.1 Å². The van der Waals surface area contributed by atoms with E-state index in [1.807, 2.05) is 27.7 Å². The normalized spacial score (nSPS) is 19.2. The highest BCUT2D eigenvalue weighted by molar-refractivity contribution is 6.01. The number of aromatic hydroxyl groups is 2. The molecule has 0 bridgehead atoms. The van der Waals surface area contributed by atoms with Gasteiger partial charge in [0.1, 0.15) is 34.4 Å². The number of nitrogens with zero attached hydrogens (tertiary/aromatic N) is 4. The van der Waals surface area contributed by atoms with E-state index in [1.54, 1.807) is 18.9 Å². The van der Waals surface area contributed by atoms with Crippen LogP contribution in [0.25, 0.3) is 0 Å². The highest BCUT2D eigenvalue weighted by Crippen LogP contribution is 2.43. The second-order valence-electron chi connectivity index (χ2n) is 15.8. The first kappa shape index (κ1) is 45.5. The highest BCUT2D eigenvalue weighted by Gasteiger charge is 2.46. The van der Waals surface area contributed by atoms with Crippen molar-refractivity contribution in [1.82, 2.24) is 40.2 Å². The predicted molar refractivity (Wildman–Crippen MR) is 223 cm³/mol. The second-order valence-corrected chi connectivity index (χ2v) is 15.8. The number of pyridine rings is 2. The average molecular weight is 893 g/mol. The minimum Gasteiger partial charge on any atom is -0.503 e. The monoisotopic (exact) mass is 892 g/mol. The molecule has 4 amide bonds. The summed E-state index contributed by atoms with van der Waals surface area (Å²) in [6, 6.07) is 4.82. The third-order valence-corrected chi connectivity index (χ3v) is 12.1. The van der Waals surface area contributed by atoms with Gasteiger partial charge < -0.3 is 50.4 Å². The van der Waals surface area contributed by atoms with E-state index in [2.05, 4.69) is 21.3 Å². The van der Waals surface area contributed by atoms with Crippen molar-refractivity contribution in [2.75, 3.05) is 39.3 Å². The van der Waals surface area contributed by atoms with Crippen molar-refractivity contribution < 1.29 is 47.0 Å². The van der Waals surface area contributed by atoms with Crippen molar-refractivity contribution in [2.45, 2.75) is 77.8 Å². The maximum atomic E-state index is 14.0. The van der Waals surface area contributed by atoms with Crippen LogP contribution in [0.4, 0.5) is 17.6 Å². The van der Waals surface area contributed by atoms with Crippen LogP contribution < -0.4 is 32.1 Å². The molecule has 20 heteroatoms. The summed E-state index contributed by atoms with van der Waals surface area (Å²) in [6.07, 6.45) is 1.08. The molecule has 0 saturated heterocycles. The zero-order valence-electron chi connectivity index (χ0n) is 35.5. The number of nitrogens with one attached hydrogen (secondary N) is 4. The van der Waals surface area contributed by atoms with Gasteiger partial charge >= 0.3 is 0 Å². The topological polar surface area (TPSA) is 207 Å². The van der Waals surface area contributed by atoms with Gasteiger partial charge in [0.05, 0.1) is 35.6 Å². The lowest BCUT2D eigenvalue weighted by molar-refractivity contribution is 0.0668. The highest BCUT2D eigenvalue weighted by atomic mass is 19.1. The molecule has 16 nitrogen and oxygen atoms in total. The quantitative estimate of drug-likeness (QED) is 0.114. The number of hydrogen-bond acceptors (Lipinski definition) is 10. The fraction of sp³-hybridized carbons (Fsp3) is 0.409. The van der Waals surface area contributed by atoms with Crippen LogP contribution in [0.5, 0.6) is 11.5 Å². The van der Waals surface area contributed by atoms with Gasteiger partial charge in [-0.15, -0.1) is 0 Å². The Labute approximate surface area is 363 Å². The molecule has 6 N–H and O–H groups in total. The number of benzene rings is 2. The Balaban J connectivity index is 0.000000191. The largest absolute Gasteiger partial charge is 0.503 e. The lowest BCUT2D eigenvalue weighted by atomic mass is 10.0. The molecule has 4 atom stereocenters. The zero-order valence-corrected chi connectivity index (χ0v) is 35.5. The Morgan fingerprint density at radius 2 is 1.00 bits per heavy atom. The van der Waals surface area contributed by atoms with Gasteiger partial charge in [0.2, 0.25) is 10.9 Å². The number of halogens is 4. The van der Waals surface area contributed by atoms with Crippen molar-refractivity contribution in [3.63, 3.8) is 0 Å². The first-order valence-corrected chi connectivity index (χ1v) is 21.1. The van der Waals surface area contributed by atoms with Gasteiger partial charge in [-0.3, -0.25) is 28.8 Å². The summed E-state index contributed by atoms with van der Waals surface area (Å²) < 4.78 is 57.4. The molecule has 0 unspecified atom stereocenters. The average Bonchev–Trinajstić information content (AvgIpc) is 3.79. The van der Waals surface area contributed by atoms with Gasteiger partial charge in [-0.25, -0.2) is 17.6 Å². The summed E-state index contributed by atoms with van der Waals surface area (Å²) >= 11 is 0. The Kier molecular flexibility index (Phi) is 13.0. The SMILES string of the molecule is CCN[C@@H]1C[C@H]2CN(CC)C(=O)c3c(O)c(=O)c(C(=O)NCc4ccc(F)cc4F)c1n32.CCN[C@H]1C[C@H]2CN(CC)C(=O)c3c(O)c(=O)c(C(=O)NCc4ccc(F)cc4F)c1n32. The van der Waals surface area contributed by atoms with Crippen LogP contribution in [0.15, 0.2) is 46.0 Å². The summed E-state index contributed by atoms with van der Waals surface area (Å²) in [4.78, 5) is 81.1. The third-order valence-electron chi connectivity index (χ3n) is 12.1. The fourth-order valence-electron chi connectivity index (χ4n) is 9.21. The van der Waals surface area contributed by atoms with Gasteiger partial charge in [-0.2, -0.15) is 0 Å². The van der Waals surface area contributed by atoms with Crippen LogP contribution >= 0.6 is 0 Å². The van der Waals surface area contributed by atoms with Crippen molar-refractivity contribution in [3.8, 4) is 11.5 Å². The van der Waals surface area contributed by atoms with Gasteiger partial charge in [0.15, 0.2) is 22.9 Å². The predicted octanol–water partition coefficient (Wildman–Crippen LogP) is 3.67. The van der Waals surface area contributed by atoms with Gasteiger partial charge in [-0.1, -0.05) is 26.0 Å². The van der Waals surface area contributed by atoms with Gasteiger partial charge in [0, 0.05) is 62.5 Å². The van der Waals surface area contributed by atoms with Crippen LogP contribution in [-0.4, -0.2) is 92.0 Å². The lowest BCUT2D eigenvalue weighted by Crippen LogP contribution is -2.44. The Bertz CT molecular complexity index is 2510. The minimum absolute atomic E-state index is 0.0494. The lowest BCUT2D eigenvalue weighted by Gasteiger charge is -2.33. The van der Waals surface area contributed by atoms with Crippen molar-refractivity contribution >= 4 is 23.6 Å². The van der Waals surface area contributed by atoms with E-state index < -0.39 is 69.3 Å². The molecule has 0 saturated carbocycles. The molecule has 2 aromatic heterocycles. The molecule has 4 aliphatic heterocycles. The van der Waals surface area contributed by atoms with E-state index in [4.69, 9.17) is 0 Å². The van der Waals surface area contributed by atoms with E-state index in [9.17, 15) is 56.5 Å². The van der Waals surface area contributed by atoms with E-state index in [-0.39, 0.29) is 70.9 Å². The Morgan fingerprint density at radius 3 is 1.33 bits per heavy atom. The molecule has 0 fully saturated rings. The second kappa shape index (κ2) is 18.3. The third kappa shape index (κ3) is 7.99. The molecule has 64 heavy (non-hydrogen) atoms. The number of carbonyl (C=O) groups is 4. The van der Waals surface area contributed by atoms with Gasteiger partial charge in [-0.05, 0) is 51.9 Å². The van der Waals surface area contributed by atoms with Crippen molar-refractivity contribution in [1.29, 1.82) is 0 Å². The minimum atomic E-state index is -0.946. The molecule has 0 radical (unpaired) electrons. The van der Waals surface area contributed by atoms with E-state index in [0.29, 0.717) is 75.6 Å². The molecule has 0 spiro atoms. The molecule has 8 rings (SSSR count). The standard InChI is InChI=1S/2C22H24F2N4O4/c2*1-3-25-15-8-13-10-27(4-2)22(32)18-20(30)19(29)16(17(15)28(13)18)21(31)26-9-11-5-6-12(23)7-14(11)24/h2*5-7,13,15,25,30H,3-4,8-10H2,1-2H3,(H,26,31)/t13-,15+;13-,15-/m00/s1. The Morgan fingerprint density at radius 1 is 0.625 bits per heavy atom. The number of likely N-dealkylation sites (N-methyl/N-ethyl adjacent to an activating group) is 2. The molecule has 4 aromatic rings. The van der Waals surface area contributed by atoms with Gasteiger partial charge in [0.25, 0.3) is 23.6 Å². The molecule has 6 heterocycles. The zero-order chi connectivity index (χ0) is 46.3. The fourth-order valence-corrected chi connectivity index (χ4v) is 9.21. The smallest absolute Gasteiger partial charge is 0.274 e. The van der Waals surface area contributed by atoms with Crippen LogP contribution in [0.2, 0.25) is 0 Å². The maximum Gasteiger partial charge on any atom is 0.274 e. The van der Waals surface area contributed by atoms with Crippen LogP contribution in [0.3, 0.4) is 0 Å². The summed E-state index contributed by atoms with van der Waals surface area (Å²) in [5.41, 5.74) is -1.88. The molecule has 0 aliphatic carbocycles. The molecular weight excluding hydrogens is 845 g/mol. The summed E-state index contributed by atoms with van der Waals surface area (Å²) in [6.45, 7) is 9.65. The van der Waals surface area contributed by atoms with Crippen LogP contribution in [-0.2, 0) is 13.1 Å². The summed E-state index contributed by atoms with van der Waals surface area (Å²) in [7, 11) is 0. The number of aromatic nitrogens is 2. The number of carbonyl (C=O) groups excluding carboxylic acids is 4. The van der Waals surface area contributed by atoms with Crippen molar-refractivity contribution in [2.24, 2.45) is 0 Å². The van der Waals surface area contributed by atoms with Crippen LogP contribution in [0.1, 0.15) is 129 Å². The number of amides is 4. The molecule has 4 aliphatic rings. The summed E-state index contributed by atoms with van der Waals surface area (Å²) in [5.74, 6) is -7.18. The van der Waals surface area contributed by atoms with E-state index in [0.717, 1.165) is 12.1 Å². The first-order chi connectivity index (χ1) is 30.6.